The quantitative estimate of drug-likeness (QED) is 0.680. The SMILES string of the molecule is CCCCC(CC)CNC(=O)COc1cccc2c(O)cc(=O)oc12. The molecule has 0 aliphatic carbocycles. The molecule has 0 saturated carbocycles. The van der Waals surface area contributed by atoms with Crippen molar-refractivity contribution >= 4 is 16.9 Å². The predicted octanol–water partition coefficient (Wildman–Crippen LogP) is 3.21. The molecule has 0 spiro atoms. The van der Waals surface area contributed by atoms with E-state index < -0.39 is 5.63 Å². The average Bonchev–Trinajstić information content (AvgIpc) is 2.60. The summed E-state index contributed by atoms with van der Waals surface area (Å²) in [6.45, 7) is 4.72. The van der Waals surface area contributed by atoms with Crippen LogP contribution < -0.4 is 15.7 Å². The minimum absolute atomic E-state index is 0.134. The smallest absolute Gasteiger partial charge is 0.340 e. The number of benzene rings is 1. The molecule has 2 N–H and O–H groups in total. The van der Waals surface area contributed by atoms with Crippen LogP contribution in [0.3, 0.4) is 0 Å². The van der Waals surface area contributed by atoms with Crippen molar-refractivity contribution in [3.8, 4) is 11.5 Å². The third kappa shape index (κ3) is 5.24. The van der Waals surface area contributed by atoms with Crippen LogP contribution in [0.5, 0.6) is 11.5 Å². The highest BCUT2D eigenvalue weighted by Gasteiger charge is 2.12. The number of hydrogen-bond donors (Lipinski definition) is 2. The molecular weight excluding hydrogens is 322 g/mol. The van der Waals surface area contributed by atoms with E-state index in [0.717, 1.165) is 31.7 Å². The van der Waals surface area contributed by atoms with E-state index in [2.05, 4.69) is 19.2 Å². The maximum Gasteiger partial charge on any atom is 0.340 e. The molecule has 1 atom stereocenters. The van der Waals surface area contributed by atoms with Crippen molar-refractivity contribution in [2.45, 2.75) is 39.5 Å². The van der Waals surface area contributed by atoms with Crippen LogP contribution in [-0.4, -0.2) is 24.2 Å². The van der Waals surface area contributed by atoms with Crippen LogP contribution in [0.25, 0.3) is 11.0 Å². The molecule has 0 radical (unpaired) electrons. The van der Waals surface area contributed by atoms with E-state index in [1.54, 1.807) is 18.2 Å². The van der Waals surface area contributed by atoms with Crippen LogP contribution in [0, 0.1) is 5.92 Å². The zero-order valence-electron chi connectivity index (χ0n) is 14.7. The summed E-state index contributed by atoms with van der Waals surface area (Å²) in [5.41, 5.74) is -0.540. The number of fused-ring (bicyclic) bond motifs is 1. The molecular formula is C19H25NO5. The van der Waals surface area contributed by atoms with Crippen molar-refractivity contribution in [1.29, 1.82) is 0 Å². The maximum atomic E-state index is 12.0. The lowest BCUT2D eigenvalue weighted by atomic mass is 9.99. The molecule has 6 nitrogen and oxygen atoms in total. The van der Waals surface area contributed by atoms with Gasteiger partial charge in [0.15, 0.2) is 17.9 Å². The summed E-state index contributed by atoms with van der Waals surface area (Å²) in [7, 11) is 0. The maximum absolute atomic E-state index is 12.0. The average molecular weight is 347 g/mol. The molecule has 25 heavy (non-hydrogen) atoms. The molecule has 136 valence electrons. The van der Waals surface area contributed by atoms with Crippen LogP contribution in [0.4, 0.5) is 0 Å². The van der Waals surface area contributed by atoms with Crippen molar-refractivity contribution in [3.05, 3.63) is 34.7 Å². The molecule has 0 aliphatic rings. The summed E-state index contributed by atoms with van der Waals surface area (Å²) in [6, 6.07) is 5.86. The first kappa shape index (κ1) is 18.8. The molecule has 0 aliphatic heterocycles. The van der Waals surface area contributed by atoms with Crippen molar-refractivity contribution in [2.75, 3.05) is 13.2 Å². The van der Waals surface area contributed by atoms with Gasteiger partial charge in [0.25, 0.3) is 5.91 Å². The summed E-state index contributed by atoms with van der Waals surface area (Å²) in [5, 5.41) is 13.0. The van der Waals surface area contributed by atoms with Crippen molar-refractivity contribution in [3.63, 3.8) is 0 Å². The fourth-order valence-corrected chi connectivity index (χ4v) is 2.65. The van der Waals surface area contributed by atoms with Gasteiger partial charge in [0.05, 0.1) is 11.5 Å². The van der Waals surface area contributed by atoms with E-state index in [0.29, 0.717) is 17.8 Å². The second kappa shape index (κ2) is 9.11. The summed E-state index contributed by atoms with van der Waals surface area (Å²) >= 11 is 0. The molecule has 2 rings (SSSR count). The first-order chi connectivity index (χ1) is 12.0. The molecule has 1 aromatic heterocycles. The van der Waals surface area contributed by atoms with Gasteiger partial charge >= 0.3 is 5.63 Å². The second-order valence-electron chi connectivity index (χ2n) is 6.09. The third-order valence-corrected chi connectivity index (χ3v) is 4.20. The van der Waals surface area contributed by atoms with Crippen molar-refractivity contribution < 1.29 is 19.1 Å². The lowest BCUT2D eigenvalue weighted by Gasteiger charge is -2.15. The number of nitrogens with one attached hydrogen (secondary N) is 1. The van der Waals surface area contributed by atoms with Gasteiger partial charge in [0.2, 0.25) is 0 Å². The van der Waals surface area contributed by atoms with Crippen molar-refractivity contribution in [2.24, 2.45) is 5.92 Å². The van der Waals surface area contributed by atoms with E-state index in [1.807, 2.05) is 0 Å². The normalized spacial score (nSPS) is 12.1. The molecule has 1 aromatic carbocycles. The van der Waals surface area contributed by atoms with E-state index >= 15 is 0 Å². The Morgan fingerprint density at radius 1 is 1.36 bits per heavy atom. The largest absolute Gasteiger partial charge is 0.507 e. The van der Waals surface area contributed by atoms with Gasteiger partial charge in [-0.2, -0.15) is 0 Å². The topological polar surface area (TPSA) is 88.8 Å². The summed E-state index contributed by atoms with van der Waals surface area (Å²) in [6.07, 6.45) is 4.42. The summed E-state index contributed by atoms with van der Waals surface area (Å²) in [5.74, 6) is 0.312. The van der Waals surface area contributed by atoms with Gasteiger partial charge < -0.3 is 19.6 Å². The molecule has 0 saturated heterocycles. The highest BCUT2D eigenvalue weighted by Crippen LogP contribution is 2.29. The number of unbranched alkanes of at least 4 members (excludes halogenated alkanes) is 1. The van der Waals surface area contributed by atoms with E-state index in [9.17, 15) is 14.7 Å². The zero-order chi connectivity index (χ0) is 18.2. The number of rotatable bonds is 9. The molecule has 2 aromatic rings. The Labute approximate surface area is 146 Å². The minimum Gasteiger partial charge on any atom is -0.507 e. The minimum atomic E-state index is -0.674. The molecule has 6 heteroatoms. The van der Waals surface area contributed by atoms with Gasteiger partial charge in [0, 0.05) is 6.54 Å². The molecule has 1 amide bonds. The van der Waals surface area contributed by atoms with Crippen LogP contribution in [-0.2, 0) is 4.79 Å². The predicted molar refractivity (Wildman–Crippen MR) is 96.0 cm³/mol. The third-order valence-electron chi connectivity index (χ3n) is 4.20. The van der Waals surface area contributed by atoms with Crippen LogP contribution in [0.1, 0.15) is 39.5 Å². The van der Waals surface area contributed by atoms with Gasteiger partial charge in [-0.1, -0.05) is 39.2 Å². The standard InChI is InChI=1S/C19H25NO5/c1-3-5-7-13(4-2)11-20-17(22)12-24-16-9-6-8-14-15(21)10-18(23)25-19(14)16/h6,8-10,13,21H,3-5,7,11-12H2,1-2H3,(H,20,22). The number of hydrogen-bond acceptors (Lipinski definition) is 5. The highest BCUT2D eigenvalue weighted by molar-refractivity contribution is 5.88. The Morgan fingerprint density at radius 2 is 2.16 bits per heavy atom. The Bertz CT molecular complexity index is 768. The fourth-order valence-electron chi connectivity index (χ4n) is 2.65. The van der Waals surface area contributed by atoms with Crippen LogP contribution >= 0.6 is 0 Å². The highest BCUT2D eigenvalue weighted by atomic mass is 16.5. The number of aromatic hydroxyl groups is 1. The molecule has 1 unspecified atom stereocenters. The van der Waals surface area contributed by atoms with Gasteiger partial charge in [-0.3, -0.25) is 4.79 Å². The molecule has 0 bridgehead atoms. The van der Waals surface area contributed by atoms with Gasteiger partial charge in [0.1, 0.15) is 5.75 Å². The first-order valence-electron chi connectivity index (χ1n) is 8.70. The lowest BCUT2D eigenvalue weighted by Crippen LogP contribution is -2.33. The fraction of sp³-hybridized carbons (Fsp3) is 0.474. The number of amides is 1. The lowest BCUT2D eigenvalue weighted by molar-refractivity contribution is -0.123. The van der Waals surface area contributed by atoms with Gasteiger partial charge in [-0.15, -0.1) is 0 Å². The number of carbonyl (C=O) groups is 1. The van der Waals surface area contributed by atoms with Crippen LogP contribution in [0.15, 0.2) is 33.5 Å². The monoisotopic (exact) mass is 347 g/mol. The Hall–Kier alpha value is -2.50. The molecule has 0 fully saturated rings. The van der Waals surface area contributed by atoms with E-state index in [1.165, 1.54) is 0 Å². The number of para-hydroxylation sites is 1. The number of carbonyl (C=O) groups excluding carboxylic acids is 1. The zero-order valence-corrected chi connectivity index (χ0v) is 14.7. The van der Waals surface area contributed by atoms with E-state index in [-0.39, 0.29) is 29.6 Å². The summed E-state index contributed by atoms with van der Waals surface area (Å²) in [4.78, 5) is 23.4. The Morgan fingerprint density at radius 3 is 2.88 bits per heavy atom. The van der Waals surface area contributed by atoms with Crippen LogP contribution in [0.2, 0.25) is 0 Å². The first-order valence-corrected chi connectivity index (χ1v) is 8.70. The van der Waals surface area contributed by atoms with E-state index in [4.69, 9.17) is 9.15 Å². The Kier molecular flexibility index (Phi) is 6.86. The Balaban J connectivity index is 1.96. The summed E-state index contributed by atoms with van der Waals surface area (Å²) < 4.78 is 10.6. The van der Waals surface area contributed by atoms with Gasteiger partial charge in [-0.05, 0) is 24.5 Å². The second-order valence-corrected chi connectivity index (χ2v) is 6.09. The number of ether oxygens (including phenoxy) is 1. The van der Waals surface area contributed by atoms with Gasteiger partial charge in [-0.25, -0.2) is 4.79 Å². The molecule has 1 heterocycles. The van der Waals surface area contributed by atoms with Crippen molar-refractivity contribution in [1.82, 2.24) is 5.32 Å².